The molecule has 1 aromatic rings. The molecule has 1 fully saturated rings. The van der Waals surface area contributed by atoms with Gasteiger partial charge in [-0.15, -0.1) is 0 Å². The smallest absolute Gasteiger partial charge is 0.392 e. The summed E-state index contributed by atoms with van der Waals surface area (Å²) in [5.41, 5.74) is -0.675. The molecule has 0 aliphatic carbocycles. The number of anilines is 1. The Balaban J connectivity index is 2.10. The van der Waals surface area contributed by atoms with Gasteiger partial charge in [-0.1, -0.05) is 0 Å². The topological polar surface area (TPSA) is 39.6 Å². The molecule has 0 radical (unpaired) electrons. The maximum Gasteiger partial charge on any atom is 0.416 e. The fraction of sp³-hybridized carbons (Fsp3) is 0.643. The number of piperazine rings is 1. The van der Waals surface area contributed by atoms with Crippen LogP contribution in [0.1, 0.15) is 19.4 Å². The Morgan fingerprint density at radius 1 is 1.43 bits per heavy atom. The lowest BCUT2D eigenvalue weighted by atomic mass is 10.1. The third-order valence-corrected chi connectivity index (χ3v) is 3.60. The Labute approximate surface area is 122 Å². The molecular formula is C14H20F3N3O. The van der Waals surface area contributed by atoms with E-state index >= 15 is 0 Å². The lowest BCUT2D eigenvalue weighted by Gasteiger charge is -2.41. The fourth-order valence-corrected chi connectivity index (χ4v) is 2.66. The second-order valence-corrected chi connectivity index (χ2v) is 5.55. The highest BCUT2D eigenvalue weighted by Crippen LogP contribution is 2.31. The normalized spacial score (nSPS) is 22.4. The van der Waals surface area contributed by atoms with Gasteiger partial charge in [-0.25, -0.2) is 4.98 Å². The van der Waals surface area contributed by atoms with E-state index in [0.717, 1.165) is 12.1 Å². The van der Waals surface area contributed by atoms with Crippen LogP contribution in [0.2, 0.25) is 0 Å². The molecule has 0 saturated carbocycles. The highest BCUT2D eigenvalue weighted by molar-refractivity contribution is 5.43. The van der Waals surface area contributed by atoms with E-state index in [2.05, 4.69) is 9.88 Å². The van der Waals surface area contributed by atoms with Gasteiger partial charge < -0.3 is 10.0 Å². The van der Waals surface area contributed by atoms with Gasteiger partial charge >= 0.3 is 6.18 Å². The quantitative estimate of drug-likeness (QED) is 0.927. The van der Waals surface area contributed by atoms with Crippen LogP contribution in [0.5, 0.6) is 0 Å². The van der Waals surface area contributed by atoms with Crippen molar-refractivity contribution < 1.29 is 18.3 Å². The monoisotopic (exact) mass is 303 g/mol. The number of β-amino-alcohol motifs (C(OH)–C–C–N with tert-alkyl or cyclic N) is 1. The first-order chi connectivity index (χ1) is 9.77. The molecule has 0 unspecified atom stereocenters. The van der Waals surface area contributed by atoms with Gasteiger partial charge in [0.2, 0.25) is 0 Å². The van der Waals surface area contributed by atoms with Gasteiger partial charge in [-0.2, -0.15) is 13.2 Å². The van der Waals surface area contributed by atoms with Crippen LogP contribution in [0, 0.1) is 0 Å². The molecule has 2 atom stereocenters. The van der Waals surface area contributed by atoms with Crippen molar-refractivity contribution in [2.45, 2.75) is 32.2 Å². The van der Waals surface area contributed by atoms with E-state index in [4.69, 9.17) is 0 Å². The van der Waals surface area contributed by atoms with Crippen LogP contribution in [0.25, 0.3) is 0 Å². The van der Waals surface area contributed by atoms with Crippen LogP contribution in [-0.4, -0.2) is 53.3 Å². The number of halogens is 3. The van der Waals surface area contributed by atoms with E-state index in [1.54, 1.807) is 6.92 Å². The molecule has 1 aliphatic heterocycles. The highest BCUT2D eigenvalue weighted by Gasteiger charge is 2.32. The maximum atomic E-state index is 12.8. The van der Waals surface area contributed by atoms with Crippen molar-refractivity contribution in [3.8, 4) is 0 Å². The van der Waals surface area contributed by atoms with Crippen molar-refractivity contribution in [2.75, 3.05) is 31.1 Å². The number of aliphatic hydroxyl groups excluding tert-OH is 1. The van der Waals surface area contributed by atoms with Gasteiger partial charge in [0, 0.05) is 38.4 Å². The zero-order valence-corrected chi connectivity index (χ0v) is 12.1. The van der Waals surface area contributed by atoms with Gasteiger partial charge in [0.15, 0.2) is 0 Å². The third-order valence-electron chi connectivity index (χ3n) is 3.60. The van der Waals surface area contributed by atoms with E-state index in [0.29, 0.717) is 32.0 Å². The maximum absolute atomic E-state index is 12.8. The first kappa shape index (κ1) is 16.0. The van der Waals surface area contributed by atoms with Gasteiger partial charge in [0.1, 0.15) is 5.82 Å². The van der Waals surface area contributed by atoms with Crippen molar-refractivity contribution in [1.29, 1.82) is 0 Å². The number of hydrogen-bond acceptors (Lipinski definition) is 4. The Hall–Kier alpha value is -1.34. The highest BCUT2D eigenvalue weighted by atomic mass is 19.4. The Bertz CT molecular complexity index is 479. The van der Waals surface area contributed by atoms with Crippen LogP contribution in [0.4, 0.5) is 19.0 Å². The zero-order valence-electron chi connectivity index (χ0n) is 12.1. The summed E-state index contributed by atoms with van der Waals surface area (Å²) in [7, 11) is 0. The minimum Gasteiger partial charge on any atom is -0.392 e. The first-order valence-electron chi connectivity index (χ1n) is 6.97. The third kappa shape index (κ3) is 4.07. The average Bonchev–Trinajstić information content (AvgIpc) is 2.37. The summed E-state index contributed by atoms with van der Waals surface area (Å²) in [4.78, 5) is 8.06. The van der Waals surface area contributed by atoms with Crippen molar-refractivity contribution in [1.82, 2.24) is 9.88 Å². The molecule has 21 heavy (non-hydrogen) atoms. The van der Waals surface area contributed by atoms with Crippen molar-refractivity contribution in [2.24, 2.45) is 0 Å². The number of rotatable bonds is 3. The molecule has 0 aromatic carbocycles. The van der Waals surface area contributed by atoms with Crippen molar-refractivity contribution >= 4 is 5.82 Å². The lowest BCUT2D eigenvalue weighted by Crippen LogP contribution is -2.53. The van der Waals surface area contributed by atoms with E-state index in [9.17, 15) is 18.3 Å². The number of aromatic nitrogens is 1. The summed E-state index contributed by atoms with van der Waals surface area (Å²) in [6, 6.07) is 2.13. The molecule has 0 spiro atoms. The van der Waals surface area contributed by atoms with Gasteiger partial charge in [-0.3, -0.25) is 4.90 Å². The van der Waals surface area contributed by atoms with Crippen LogP contribution < -0.4 is 4.90 Å². The molecule has 2 rings (SSSR count). The van der Waals surface area contributed by atoms with E-state index in [-0.39, 0.29) is 6.04 Å². The molecule has 1 aliphatic rings. The fourth-order valence-electron chi connectivity index (χ4n) is 2.66. The standard InChI is InChI=1S/C14H20F3N3O/c1-10-8-19(9-11(2)21)5-6-20(10)13-7-12(3-4-18-13)14(15,16)17/h3-4,7,10-11,21H,5-6,8-9H2,1-2H3/t10-,11-/m1/s1. The SMILES string of the molecule is C[C@@H]1CN(C[C@@H](C)O)CCN1c1cc(C(F)(F)F)ccn1. The lowest BCUT2D eigenvalue weighted by molar-refractivity contribution is -0.137. The van der Waals surface area contributed by atoms with Gasteiger partial charge in [-0.05, 0) is 26.0 Å². The molecule has 0 bridgehead atoms. The largest absolute Gasteiger partial charge is 0.416 e. The summed E-state index contributed by atoms with van der Waals surface area (Å²) in [6.45, 7) is 6.26. The van der Waals surface area contributed by atoms with Gasteiger partial charge in [0.25, 0.3) is 0 Å². The molecule has 1 saturated heterocycles. The van der Waals surface area contributed by atoms with Crippen LogP contribution in [-0.2, 0) is 6.18 Å². The molecule has 0 amide bonds. The molecule has 118 valence electrons. The summed E-state index contributed by atoms with van der Waals surface area (Å²) < 4.78 is 38.3. The minimum absolute atomic E-state index is 0.0495. The van der Waals surface area contributed by atoms with E-state index in [1.807, 2.05) is 11.8 Å². The average molecular weight is 303 g/mol. The predicted octanol–water partition coefficient (Wildman–Crippen LogP) is 1.99. The Morgan fingerprint density at radius 3 is 2.71 bits per heavy atom. The Morgan fingerprint density at radius 2 is 2.14 bits per heavy atom. The minimum atomic E-state index is -4.35. The Kier molecular flexibility index (Phi) is 4.73. The molecule has 4 nitrogen and oxygen atoms in total. The molecular weight excluding hydrogens is 283 g/mol. The summed E-state index contributed by atoms with van der Waals surface area (Å²) >= 11 is 0. The van der Waals surface area contributed by atoms with Crippen LogP contribution in [0.15, 0.2) is 18.3 Å². The number of alkyl halides is 3. The first-order valence-corrected chi connectivity index (χ1v) is 6.97. The molecule has 2 heterocycles. The second kappa shape index (κ2) is 6.19. The number of pyridine rings is 1. The number of aliphatic hydroxyl groups is 1. The van der Waals surface area contributed by atoms with Crippen molar-refractivity contribution in [3.63, 3.8) is 0 Å². The predicted molar refractivity (Wildman–Crippen MR) is 74.2 cm³/mol. The zero-order chi connectivity index (χ0) is 15.6. The van der Waals surface area contributed by atoms with Crippen LogP contribution in [0.3, 0.4) is 0 Å². The second-order valence-electron chi connectivity index (χ2n) is 5.55. The van der Waals surface area contributed by atoms with Crippen LogP contribution >= 0.6 is 0 Å². The molecule has 7 heteroatoms. The van der Waals surface area contributed by atoms with Gasteiger partial charge in [0.05, 0.1) is 11.7 Å². The molecule has 1 aromatic heterocycles. The number of hydrogen-bond donors (Lipinski definition) is 1. The molecule has 1 N–H and O–H groups in total. The summed E-state index contributed by atoms with van der Waals surface area (Å²) in [5, 5.41) is 9.41. The summed E-state index contributed by atoms with van der Waals surface area (Å²) in [5.74, 6) is 0.356. The summed E-state index contributed by atoms with van der Waals surface area (Å²) in [6.07, 6.45) is -3.56. The van der Waals surface area contributed by atoms with Crippen molar-refractivity contribution in [3.05, 3.63) is 23.9 Å². The van der Waals surface area contributed by atoms with E-state index < -0.39 is 17.8 Å². The number of nitrogens with zero attached hydrogens (tertiary/aromatic N) is 3. The van der Waals surface area contributed by atoms with E-state index in [1.165, 1.54) is 6.20 Å².